The Balaban J connectivity index is 2.29. The molecule has 1 aliphatic heterocycles. The van der Waals surface area contributed by atoms with Gasteiger partial charge >= 0.3 is 0 Å². The summed E-state index contributed by atoms with van der Waals surface area (Å²) in [6.07, 6.45) is -0.342. The maximum Gasteiger partial charge on any atom is 0.123 e. The minimum atomic E-state index is -2.41. The summed E-state index contributed by atoms with van der Waals surface area (Å²) in [6.45, 7) is 5.18. The van der Waals surface area contributed by atoms with Crippen molar-refractivity contribution in [2.24, 2.45) is 0 Å². The zero-order valence-electron chi connectivity index (χ0n) is 6.99. The van der Waals surface area contributed by atoms with E-state index in [1.165, 1.54) is 0 Å². The number of hydrogen-bond donors (Lipinski definition) is 1. The standard InChI is InChI=1S/C6H14N2O3S/c1-6(11-12(9)10)8-4-2-7-3-5-8/h6-7H,2-5H2,1H3,(H,9,10)/p-1. The molecule has 0 saturated carbocycles. The molecule has 5 nitrogen and oxygen atoms in total. The lowest BCUT2D eigenvalue weighted by Crippen LogP contribution is -2.48. The molecule has 72 valence electrons. The van der Waals surface area contributed by atoms with E-state index in [2.05, 4.69) is 9.50 Å². The Morgan fingerprint density at radius 1 is 1.58 bits per heavy atom. The zero-order valence-corrected chi connectivity index (χ0v) is 7.80. The molecule has 1 rings (SSSR count). The Hall–Kier alpha value is -0.0100. The van der Waals surface area contributed by atoms with Gasteiger partial charge in [-0.1, -0.05) is 0 Å². The lowest BCUT2D eigenvalue weighted by Gasteiger charge is -2.32. The molecular formula is C6H13N2O3S-. The lowest BCUT2D eigenvalue weighted by atomic mass is 10.3. The minimum Gasteiger partial charge on any atom is -0.750 e. The van der Waals surface area contributed by atoms with Crippen molar-refractivity contribution < 1.29 is 12.9 Å². The van der Waals surface area contributed by atoms with Gasteiger partial charge in [-0.3, -0.25) is 9.08 Å². The first-order chi connectivity index (χ1) is 5.70. The van der Waals surface area contributed by atoms with Crippen molar-refractivity contribution in [2.75, 3.05) is 26.2 Å². The van der Waals surface area contributed by atoms with Gasteiger partial charge in [-0.05, 0) is 6.92 Å². The summed E-state index contributed by atoms with van der Waals surface area (Å²) in [5.74, 6) is 0. The smallest absolute Gasteiger partial charge is 0.123 e. The predicted octanol–water partition coefficient (Wildman–Crippen LogP) is -0.952. The molecule has 1 N–H and O–H groups in total. The van der Waals surface area contributed by atoms with Crippen LogP contribution in [0.25, 0.3) is 0 Å². The normalized spacial score (nSPS) is 25.2. The van der Waals surface area contributed by atoms with E-state index in [1.807, 2.05) is 4.90 Å². The van der Waals surface area contributed by atoms with Crippen LogP contribution in [0.15, 0.2) is 0 Å². The Kier molecular flexibility index (Phi) is 4.10. The van der Waals surface area contributed by atoms with Gasteiger partial charge in [0.1, 0.15) is 6.23 Å². The van der Waals surface area contributed by atoms with Crippen LogP contribution in [0, 0.1) is 0 Å². The fourth-order valence-corrected chi connectivity index (χ4v) is 1.57. The molecule has 1 saturated heterocycles. The molecule has 1 aliphatic rings. The summed E-state index contributed by atoms with van der Waals surface area (Å²) in [7, 11) is 0. The van der Waals surface area contributed by atoms with Crippen LogP contribution in [0.2, 0.25) is 0 Å². The average molecular weight is 193 g/mol. The molecule has 0 bridgehead atoms. The molecule has 0 spiro atoms. The molecule has 0 radical (unpaired) electrons. The SMILES string of the molecule is CC(OS(=O)[O-])N1CCNCC1. The van der Waals surface area contributed by atoms with Crippen LogP contribution in [0.1, 0.15) is 6.92 Å². The highest BCUT2D eigenvalue weighted by Crippen LogP contribution is 2.02. The number of nitrogens with zero attached hydrogens (tertiary/aromatic N) is 1. The fourth-order valence-electron chi connectivity index (χ4n) is 1.22. The van der Waals surface area contributed by atoms with Crippen molar-refractivity contribution >= 4 is 11.4 Å². The van der Waals surface area contributed by atoms with E-state index >= 15 is 0 Å². The molecule has 0 aromatic rings. The van der Waals surface area contributed by atoms with Crippen molar-refractivity contribution in [3.05, 3.63) is 0 Å². The van der Waals surface area contributed by atoms with Crippen molar-refractivity contribution in [3.63, 3.8) is 0 Å². The van der Waals surface area contributed by atoms with Gasteiger partial charge in [0.2, 0.25) is 0 Å². The van der Waals surface area contributed by atoms with Crippen LogP contribution in [-0.4, -0.2) is 46.1 Å². The van der Waals surface area contributed by atoms with Crippen LogP contribution in [0.4, 0.5) is 0 Å². The van der Waals surface area contributed by atoms with Gasteiger partial charge < -0.3 is 9.87 Å². The maximum atomic E-state index is 10.2. The van der Waals surface area contributed by atoms with Gasteiger partial charge in [0.05, 0.1) is 11.4 Å². The van der Waals surface area contributed by atoms with E-state index in [0.29, 0.717) is 0 Å². The Bertz CT molecular complexity index is 161. The second-order valence-electron chi connectivity index (χ2n) is 2.69. The summed E-state index contributed by atoms with van der Waals surface area (Å²) in [4.78, 5) is 1.98. The first-order valence-corrected chi connectivity index (χ1v) is 4.91. The van der Waals surface area contributed by atoms with Gasteiger partial charge in [-0.25, -0.2) is 4.21 Å². The highest BCUT2D eigenvalue weighted by molar-refractivity contribution is 7.74. The molecule has 6 heteroatoms. The van der Waals surface area contributed by atoms with Crippen LogP contribution in [0.5, 0.6) is 0 Å². The Morgan fingerprint density at radius 2 is 2.17 bits per heavy atom. The molecule has 12 heavy (non-hydrogen) atoms. The lowest BCUT2D eigenvalue weighted by molar-refractivity contribution is 0.0342. The van der Waals surface area contributed by atoms with E-state index in [9.17, 15) is 8.76 Å². The quantitative estimate of drug-likeness (QED) is 0.585. The van der Waals surface area contributed by atoms with Gasteiger partial charge in [-0.15, -0.1) is 0 Å². The summed E-state index contributed by atoms with van der Waals surface area (Å²) in [5, 5.41) is 3.17. The highest BCUT2D eigenvalue weighted by Gasteiger charge is 2.16. The molecule has 2 atom stereocenters. The Labute approximate surface area is 74.6 Å². The van der Waals surface area contributed by atoms with E-state index in [-0.39, 0.29) is 6.23 Å². The van der Waals surface area contributed by atoms with E-state index in [4.69, 9.17) is 0 Å². The summed E-state index contributed by atoms with van der Waals surface area (Å²) in [6, 6.07) is 0. The third-order valence-electron chi connectivity index (χ3n) is 1.88. The second-order valence-corrected chi connectivity index (χ2v) is 3.29. The number of nitrogens with one attached hydrogen (secondary N) is 1. The predicted molar refractivity (Wildman–Crippen MR) is 43.9 cm³/mol. The topological polar surface area (TPSA) is 64.6 Å². The summed E-state index contributed by atoms with van der Waals surface area (Å²) < 4.78 is 25.0. The van der Waals surface area contributed by atoms with Crippen LogP contribution < -0.4 is 5.32 Å². The number of rotatable bonds is 3. The molecule has 1 fully saturated rings. The molecule has 2 unspecified atom stereocenters. The van der Waals surface area contributed by atoms with Gasteiger partial charge in [0.25, 0.3) is 0 Å². The van der Waals surface area contributed by atoms with Crippen molar-refractivity contribution in [1.82, 2.24) is 10.2 Å². The van der Waals surface area contributed by atoms with Crippen molar-refractivity contribution in [3.8, 4) is 0 Å². The van der Waals surface area contributed by atoms with E-state index in [0.717, 1.165) is 26.2 Å². The molecule has 0 aromatic heterocycles. The fraction of sp³-hybridized carbons (Fsp3) is 1.00. The minimum absolute atomic E-state index is 0.342. The summed E-state index contributed by atoms with van der Waals surface area (Å²) >= 11 is -2.41. The van der Waals surface area contributed by atoms with Crippen molar-refractivity contribution in [1.29, 1.82) is 0 Å². The third kappa shape index (κ3) is 3.16. The average Bonchev–Trinajstić information content (AvgIpc) is 2.05. The first kappa shape index (κ1) is 10.1. The van der Waals surface area contributed by atoms with E-state index in [1.54, 1.807) is 6.92 Å². The van der Waals surface area contributed by atoms with Gasteiger partial charge in [0, 0.05) is 26.2 Å². The molecular weight excluding hydrogens is 180 g/mol. The first-order valence-electron chi connectivity index (χ1n) is 3.91. The van der Waals surface area contributed by atoms with Crippen LogP contribution in [0.3, 0.4) is 0 Å². The Morgan fingerprint density at radius 3 is 2.67 bits per heavy atom. The van der Waals surface area contributed by atoms with Crippen LogP contribution in [-0.2, 0) is 15.5 Å². The summed E-state index contributed by atoms with van der Waals surface area (Å²) in [5.41, 5.74) is 0. The van der Waals surface area contributed by atoms with Crippen molar-refractivity contribution in [2.45, 2.75) is 13.2 Å². The highest BCUT2D eigenvalue weighted by atomic mass is 32.2. The molecule has 0 aromatic carbocycles. The van der Waals surface area contributed by atoms with Gasteiger partial charge in [0.15, 0.2) is 0 Å². The number of piperazine rings is 1. The number of hydrogen-bond acceptors (Lipinski definition) is 5. The monoisotopic (exact) mass is 193 g/mol. The maximum absolute atomic E-state index is 10.2. The van der Waals surface area contributed by atoms with E-state index < -0.39 is 11.4 Å². The van der Waals surface area contributed by atoms with Gasteiger partial charge in [-0.2, -0.15) is 0 Å². The van der Waals surface area contributed by atoms with Crippen LogP contribution >= 0.6 is 0 Å². The molecule has 0 aliphatic carbocycles. The molecule has 0 amide bonds. The zero-order chi connectivity index (χ0) is 8.97. The largest absolute Gasteiger partial charge is 0.750 e. The second kappa shape index (κ2) is 4.88. The molecule has 1 heterocycles. The third-order valence-corrected chi connectivity index (χ3v) is 2.32.